The Kier molecular flexibility index (Phi) is 7.39. The Bertz CT molecular complexity index is 1240. The normalized spacial score (nSPS) is 18.1. The van der Waals surface area contributed by atoms with Crippen molar-refractivity contribution in [1.29, 1.82) is 0 Å². The Morgan fingerprint density at radius 1 is 1.06 bits per heavy atom. The lowest BCUT2D eigenvalue weighted by molar-refractivity contribution is -0.140. The number of halogens is 4. The number of nitrogens with zero attached hydrogens (tertiary/aromatic N) is 4. The monoisotopic (exact) mass is 523 g/mol. The Morgan fingerprint density at radius 3 is 2.42 bits per heavy atom. The summed E-state index contributed by atoms with van der Waals surface area (Å²) < 4.78 is 50.7. The van der Waals surface area contributed by atoms with E-state index in [1.54, 1.807) is 13.1 Å². The zero-order valence-corrected chi connectivity index (χ0v) is 20.7. The molecule has 2 heterocycles. The molecular weight excluding hydrogens is 499 g/mol. The fourth-order valence-electron chi connectivity index (χ4n) is 4.40. The molecule has 12 heteroatoms. The first kappa shape index (κ1) is 25.7. The van der Waals surface area contributed by atoms with Gasteiger partial charge in [0, 0.05) is 41.3 Å². The molecule has 0 radical (unpaired) electrons. The molecule has 1 aromatic carbocycles. The molecule has 1 saturated carbocycles. The van der Waals surface area contributed by atoms with Crippen LogP contribution in [0.5, 0.6) is 11.9 Å². The largest absolute Gasteiger partial charge is 0.481 e. The van der Waals surface area contributed by atoms with Crippen molar-refractivity contribution in [2.75, 3.05) is 26.2 Å². The van der Waals surface area contributed by atoms with Crippen LogP contribution in [-0.2, 0) is 6.18 Å². The second kappa shape index (κ2) is 10.3. The second-order valence-corrected chi connectivity index (χ2v) is 8.99. The van der Waals surface area contributed by atoms with Crippen molar-refractivity contribution in [1.82, 2.24) is 20.3 Å². The number of aromatic nitrogens is 3. The summed E-state index contributed by atoms with van der Waals surface area (Å²) in [5.41, 5.74) is -0.177. The quantitative estimate of drug-likeness (QED) is 0.492. The fraction of sp³-hybridized carbons (Fsp3) is 0.417. The van der Waals surface area contributed by atoms with Crippen LogP contribution in [0.1, 0.15) is 41.9 Å². The fourth-order valence-corrected chi connectivity index (χ4v) is 4.57. The summed E-state index contributed by atoms with van der Waals surface area (Å²) in [7, 11) is 4.60. The van der Waals surface area contributed by atoms with E-state index in [0.29, 0.717) is 41.8 Å². The number of carbonyl (C=O) groups excluding carboxylic acids is 1. The minimum atomic E-state index is -4.57. The molecule has 2 aromatic heterocycles. The van der Waals surface area contributed by atoms with E-state index in [1.165, 1.54) is 32.4 Å². The number of rotatable bonds is 6. The highest BCUT2D eigenvalue weighted by atomic mass is 35.5. The van der Waals surface area contributed by atoms with Crippen molar-refractivity contribution in [3.8, 4) is 11.9 Å². The van der Waals surface area contributed by atoms with Crippen molar-refractivity contribution in [3.05, 3.63) is 46.7 Å². The highest BCUT2D eigenvalue weighted by Crippen LogP contribution is 2.37. The minimum Gasteiger partial charge on any atom is -0.481 e. The van der Waals surface area contributed by atoms with E-state index in [-0.39, 0.29) is 41.1 Å². The topological polar surface area (TPSA) is 89.5 Å². The molecular formula is C24H25ClF3N5O3. The van der Waals surface area contributed by atoms with Gasteiger partial charge in [-0.1, -0.05) is 11.6 Å². The number of fused-ring (bicyclic) bond motifs is 1. The van der Waals surface area contributed by atoms with Crippen LogP contribution >= 0.6 is 11.6 Å². The molecule has 0 saturated heterocycles. The predicted molar refractivity (Wildman–Crippen MR) is 129 cm³/mol. The maximum absolute atomic E-state index is 13.5. The van der Waals surface area contributed by atoms with Gasteiger partial charge in [0.25, 0.3) is 5.91 Å². The Labute approximate surface area is 210 Å². The lowest BCUT2D eigenvalue weighted by atomic mass is 9.89. The number of anilines is 1. The van der Waals surface area contributed by atoms with Gasteiger partial charge >= 0.3 is 12.2 Å². The van der Waals surface area contributed by atoms with Crippen LogP contribution in [0, 0.1) is 0 Å². The van der Waals surface area contributed by atoms with Crippen LogP contribution < -0.4 is 19.7 Å². The van der Waals surface area contributed by atoms with Crippen LogP contribution in [0.4, 0.5) is 18.9 Å². The first-order valence-electron chi connectivity index (χ1n) is 11.3. The Balaban J connectivity index is 1.48. The number of carbonyl (C=O) groups is 1. The second-order valence-electron chi connectivity index (χ2n) is 8.56. The standard InChI is InChI=1S/C24H25ClF3N5O3/c1-33(19-12-20(24(26,27)28)30-17-9-4-13(25)10-16(17)19)15-7-5-14(6-8-15)29-22(34)18-11-21(35-2)32-23(31-18)36-3/h4,9-12,14-15H,5-8H2,1-3H3,(H,29,34). The summed E-state index contributed by atoms with van der Waals surface area (Å²) in [6, 6.07) is 7.04. The average molecular weight is 524 g/mol. The van der Waals surface area contributed by atoms with Crippen LogP contribution in [0.3, 0.4) is 0 Å². The zero-order valence-electron chi connectivity index (χ0n) is 19.9. The van der Waals surface area contributed by atoms with Gasteiger partial charge < -0.3 is 19.7 Å². The van der Waals surface area contributed by atoms with Gasteiger partial charge in [0.15, 0.2) is 0 Å². The molecule has 4 rings (SSSR count). The Hall–Kier alpha value is -3.34. The predicted octanol–water partition coefficient (Wildman–Crippen LogP) is 4.89. The molecule has 8 nitrogen and oxygen atoms in total. The van der Waals surface area contributed by atoms with Crippen molar-refractivity contribution in [2.45, 2.75) is 43.9 Å². The molecule has 0 unspecified atom stereocenters. The minimum absolute atomic E-state index is 0.0211. The lowest BCUT2D eigenvalue weighted by Crippen LogP contribution is -2.43. The smallest absolute Gasteiger partial charge is 0.433 e. The van der Waals surface area contributed by atoms with Crippen molar-refractivity contribution in [2.24, 2.45) is 0 Å². The number of benzene rings is 1. The van der Waals surface area contributed by atoms with Gasteiger partial charge in [-0.2, -0.15) is 23.1 Å². The third-order valence-electron chi connectivity index (χ3n) is 6.31. The van der Waals surface area contributed by atoms with E-state index in [1.807, 2.05) is 4.90 Å². The van der Waals surface area contributed by atoms with Gasteiger partial charge in [0.1, 0.15) is 11.4 Å². The van der Waals surface area contributed by atoms with E-state index in [4.69, 9.17) is 21.1 Å². The van der Waals surface area contributed by atoms with Crippen molar-refractivity contribution in [3.63, 3.8) is 0 Å². The summed E-state index contributed by atoms with van der Waals surface area (Å²) >= 11 is 6.13. The molecule has 3 aromatic rings. The number of hydrogen-bond donors (Lipinski definition) is 1. The van der Waals surface area contributed by atoms with Gasteiger partial charge in [-0.3, -0.25) is 4.79 Å². The maximum atomic E-state index is 13.5. The SMILES string of the molecule is COc1cc(C(=O)NC2CCC(N(C)c3cc(C(F)(F)F)nc4ccc(Cl)cc34)CC2)nc(OC)n1. The van der Waals surface area contributed by atoms with Gasteiger partial charge in [0.05, 0.1) is 19.7 Å². The maximum Gasteiger partial charge on any atom is 0.433 e. The average Bonchev–Trinajstić information content (AvgIpc) is 2.87. The van der Waals surface area contributed by atoms with Crippen LogP contribution in [0.25, 0.3) is 10.9 Å². The van der Waals surface area contributed by atoms with Crippen molar-refractivity contribution < 1.29 is 27.4 Å². The van der Waals surface area contributed by atoms with E-state index >= 15 is 0 Å². The van der Waals surface area contributed by atoms with E-state index in [9.17, 15) is 18.0 Å². The van der Waals surface area contributed by atoms with Crippen LogP contribution in [-0.4, -0.2) is 54.2 Å². The number of amides is 1. The lowest BCUT2D eigenvalue weighted by Gasteiger charge is -2.37. The molecule has 192 valence electrons. The number of hydrogen-bond acceptors (Lipinski definition) is 7. The third-order valence-corrected chi connectivity index (χ3v) is 6.54. The van der Waals surface area contributed by atoms with Gasteiger partial charge in [0.2, 0.25) is 5.88 Å². The summed E-state index contributed by atoms with van der Waals surface area (Å²) in [6.07, 6.45) is -1.93. The Morgan fingerprint density at radius 2 is 1.78 bits per heavy atom. The third kappa shape index (κ3) is 5.56. The first-order chi connectivity index (χ1) is 17.1. The van der Waals surface area contributed by atoms with E-state index < -0.39 is 11.9 Å². The molecule has 0 bridgehead atoms. The molecule has 1 aliphatic rings. The van der Waals surface area contributed by atoms with Gasteiger partial charge in [-0.05, 0) is 49.9 Å². The van der Waals surface area contributed by atoms with E-state index in [2.05, 4.69) is 20.3 Å². The number of nitrogens with one attached hydrogen (secondary N) is 1. The number of ether oxygens (including phenoxy) is 2. The molecule has 0 aliphatic heterocycles. The summed E-state index contributed by atoms with van der Waals surface area (Å²) in [4.78, 5) is 26.4. The van der Waals surface area contributed by atoms with Gasteiger partial charge in [-0.25, -0.2) is 4.98 Å². The number of methoxy groups -OCH3 is 2. The highest BCUT2D eigenvalue weighted by Gasteiger charge is 2.35. The molecule has 1 amide bonds. The molecule has 1 aliphatic carbocycles. The molecule has 1 N–H and O–H groups in total. The van der Waals surface area contributed by atoms with E-state index in [0.717, 1.165) is 6.07 Å². The summed E-state index contributed by atoms with van der Waals surface area (Å²) in [5, 5.41) is 3.94. The number of alkyl halides is 3. The molecule has 1 fully saturated rings. The summed E-state index contributed by atoms with van der Waals surface area (Å²) in [5.74, 6) is -0.171. The van der Waals surface area contributed by atoms with Crippen LogP contribution in [0.2, 0.25) is 5.02 Å². The molecule has 0 atom stereocenters. The first-order valence-corrected chi connectivity index (χ1v) is 11.6. The van der Waals surface area contributed by atoms with Crippen molar-refractivity contribution >= 4 is 34.1 Å². The van der Waals surface area contributed by atoms with Crippen LogP contribution in [0.15, 0.2) is 30.3 Å². The number of pyridine rings is 1. The molecule has 0 spiro atoms. The molecule has 36 heavy (non-hydrogen) atoms. The zero-order chi connectivity index (χ0) is 26.0. The summed E-state index contributed by atoms with van der Waals surface area (Å²) in [6.45, 7) is 0. The van der Waals surface area contributed by atoms with Gasteiger partial charge in [-0.15, -0.1) is 0 Å². The highest BCUT2D eigenvalue weighted by molar-refractivity contribution is 6.31.